The van der Waals surface area contributed by atoms with Crippen molar-refractivity contribution in [1.29, 1.82) is 0 Å². The molecule has 0 aromatic heterocycles. The van der Waals surface area contributed by atoms with Gasteiger partial charge in [0.1, 0.15) is 0 Å². The van der Waals surface area contributed by atoms with Gasteiger partial charge < -0.3 is 11.1 Å². The van der Waals surface area contributed by atoms with Crippen molar-refractivity contribution in [2.45, 2.75) is 37.8 Å². The van der Waals surface area contributed by atoms with Gasteiger partial charge in [-0.1, -0.05) is 18.9 Å². The largest absolute Gasteiger partial charge is 0.329 e. The van der Waals surface area contributed by atoms with Crippen molar-refractivity contribution in [2.24, 2.45) is 5.73 Å². The Morgan fingerprint density at radius 1 is 1.24 bits per heavy atom. The number of benzene rings is 1. The molecule has 1 saturated carbocycles. The molecule has 0 amide bonds. The number of halogens is 2. The minimum absolute atomic E-state index is 0.266. The van der Waals surface area contributed by atoms with Crippen molar-refractivity contribution in [3.05, 3.63) is 32.7 Å². The summed E-state index contributed by atoms with van der Waals surface area (Å²) in [5, 5.41) is 3.67. The van der Waals surface area contributed by atoms with E-state index in [1.165, 1.54) is 31.2 Å². The topological polar surface area (TPSA) is 38.0 Å². The Morgan fingerprint density at radius 2 is 1.94 bits per heavy atom. The number of hydrogen-bond acceptors (Lipinski definition) is 2. The van der Waals surface area contributed by atoms with Gasteiger partial charge in [-0.15, -0.1) is 0 Å². The maximum absolute atomic E-state index is 5.88. The van der Waals surface area contributed by atoms with E-state index in [4.69, 9.17) is 5.73 Å². The van der Waals surface area contributed by atoms with Crippen LogP contribution in [-0.4, -0.2) is 12.6 Å². The first-order valence-electron chi connectivity index (χ1n) is 6.12. The number of rotatable bonds is 4. The third kappa shape index (κ3) is 3.53. The van der Waals surface area contributed by atoms with Crippen LogP contribution in [0.1, 0.15) is 37.3 Å². The summed E-state index contributed by atoms with van der Waals surface area (Å²) in [4.78, 5) is 0. The van der Waals surface area contributed by atoms with Crippen LogP contribution in [0.5, 0.6) is 0 Å². The molecule has 0 spiro atoms. The standard InChI is InChI=1S/C13H18Br2N2/c14-11-6-5-9(7-12(11)15)13(8-16)17-10-3-1-2-4-10/h5-7,10,13,17H,1-4,8,16H2. The first-order valence-corrected chi connectivity index (χ1v) is 7.70. The third-order valence-corrected chi connectivity index (χ3v) is 5.25. The van der Waals surface area contributed by atoms with Crippen molar-refractivity contribution < 1.29 is 0 Å². The monoisotopic (exact) mass is 360 g/mol. The molecule has 0 radical (unpaired) electrons. The summed E-state index contributed by atoms with van der Waals surface area (Å²) in [5.41, 5.74) is 7.14. The molecule has 0 saturated heterocycles. The highest BCUT2D eigenvalue weighted by atomic mass is 79.9. The van der Waals surface area contributed by atoms with Gasteiger partial charge >= 0.3 is 0 Å². The number of hydrogen-bond donors (Lipinski definition) is 2. The second-order valence-corrected chi connectivity index (χ2v) is 6.32. The second kappa shape index (κ2) is 6.32. The van der Waals surface area contributed by atoms with Crippen molar-refractivity contribution in [3.63, 3.8) is 0 Å². The highest BCUT2D eigenvalue weighted by molar-refractivity contribution is 9.13. The van der Waals surface area contributed by atoms with E-state index < -0.39 is 0 Å². The number of nitrogens with one attached hydrogen (secondary N) is 1. The second-order valence-electron chi connectivity index (χ2n) is 4.61. The van der Waals surface area contributed by atoms with Gasteiger partial charge in [-0.3, -0.25) is 0 Å². The van der Waals surface area contributed by atoms with Crippen LogP contribution in [0.3, 0.4) is 0 Å². The van der Waals surface area contributed by atoms with E-state index in [1.807, 2.05) is 0 Å². The predicted molar refractivity (Wildman–Crippen MR) is 79.0 cm³/mol. The summed E-state index contributed by atoms with van der Waals surface area (Å²) in [7, 11) is 0. The lowest BCUT2D eigenvalue weighted by atomic mass is 10.1. The van der Waals surface area contributed by atoms with Crippen LogP contribution in [0.15, 0.2) is 27.1 Å². The summed E-state index contributed by atoms with van der Waals surface area (Å²) < 4.78 is 2.17. The molecular formula is C13H18Br2N2. The lowest BCUT2D eigenvalue weighted by molar-refractivity contribution is 0.444. The highest BCUT2D eigenvalue weighted by Gasteiger charge is 2.19. The van der Waals surface area contributed by atoms with E-state index in [0.717, 1.165) is 8.95 Å². The molecule has 1 unspecified atom stereocenters. The van der Waals surface area contributed by atoms with Crippen LogP contribution < -0.4 is 11.1 Å². The summed E-state index contributed by atoms with van der Waals surface area (Å²) in [5.74, 6) is 0. The van der Waals surface area contributed by atoms with Gasteiger partial charge in [-0.05, 0) is 62.4 Å². The summed E-state index contributed by atoms with van der Waals surface area (Å²) >= 11 is 7.03. The summed E-state index contributed by atoms with van der Waals surface area (Å²) in [6, 6.07) is 7.25. The highest BCUT2D eigenvalue weighted by Crippen LogP contribution is 2.27. The minimum Gasteiger partial charge on any atom is -0.329 e. The Hall–Kier alpha value is 0.1000. The molecule has 3 N–H and O–H groups in total. The van der Waals surface area contributed by atoms with Crippen LogP contribution in [0, 0.1) is 0 Å². The molecular weight excluding hydrogens is 344 g/mol. The average Bonchev–Trinajstić information content (AvgIpc) is 2.82. The zero-order chi connectivity index (χ0) is 12.3. The molecule has 1 aromatic rings. The van der Waals surface area contributed by atoms with Crippen LogP contribution in [0.2, 0.25) is 0 Å². The van der Waals surface area contributed by atoms with Crippen molar-refractivity contribution >= 4 is 31.9 Å². The summed E-state index contributed by atoms with van der Waals surface area (Å²) in [6.45, 7) is 0.643. The predicted octanol–water partition coefficient (Wildman–Crippen LogP) is 3.74. The fraction of sp³-hybridized carbons (Fsp3) is 0.538. The SMILES string of the molecule is NCC(NC1CCCC1)c1ccc(Br)c(Br)c1. The van der Waals surface area contributed by atoms with E-state index in [-0.39, 0.29) is 6.04 Å². The van der Waals surface area contributed by atoms with Crippen LogP contribution in [0.25, 0.3) is 0 Å². The fourth-order valence-electron chi connectivity index (χ4n) is 2.41. The van der Waals surface area contributed by atoms with Crippen LogP contribution in [0.4, 0.5) is 0 Å². The fourth-order valence-corrected chi connectivity index (χ4v) is 3.05. The molecule has 0 heterocycles. The first kappa shape index (κ1) is 13.5. The van der Waals surface area contributed by atoms with Crippen LogP contribution in [-0.2, 0) is 0 Å². The van der Waals surface area contributed by atoms with Gasteiger partial charge in [0.25, 0.3) is 0 Å². The molecule has 0 bridgehead atoms. The Bertz CT molecular complexity index is 376. The molecule has 1 aromatic carbocycles. The van der Waals surface area contributed by atoms with Gasteiger partial charge in [0.05, 0.1) is 0 Å². The van der Waals surface area contributed by atoms with Crippen molar-refractivity contribution in [2.75, 3.05) is 6.54 Å². The lowest BCUT2D eigenvalue weighted by Gasteiger charge is -2.22. The quantitative estimate of drug-likeness (QED) is 0.857. The van der Waals surface area contributed by atoms with E-state index in [2.05, 4.69) is 55.4 Å². The molecule has 4 heteroatoms. The Balaban J connectivity index is 2.08. The summed E-state index contributed by atoms with van der Waals surface area (Å²) in [6.07, 6.45) is 5.26. The smallest absolute Gasteiger partial charge is 0.0447 e. The van der Waals surface area contributed by atoms with Crippen molar-refractivity contribution in [3.8, 4) is 0 Å². The zero-order valence-electron chi connectivity index (χ0n) is 9.76. The third-order valence-electron chi connectivity index (χ3n) is 3.37. The molecule has 1 aliphatic carbocycles. The molecule has 0 aliphatic heterocycles. The molecule has 94 valence electrons. The van der Waals surface area contributed by atoms with E-state index >= 15 is 0 Å². The van der Waals surface area contributed by atoms with Gasteiger partial charge in [0.2, 0.25) is 0 Å². The Kier molecular flexibility index (Phi) is 5.03. The normalized spacial score (nSPS) is 18.5. The van der Waals surface area contributed by atoms with E-state index in [0.29, 0.717) is 12.6 Å². The number of nitrogens with two attached hydrogens (primary N) is 1. The first-order chi connectivity index (χ1) is 8.20. The van der Waals surface area contributed by atoms with Gasteiger partial charge in [-0.25, -0.2) is 0 Å². The lowest BCUT2D eigenvalue weighted by Crippen LogP contribution is -2.35. The van der Waals surface area contributed by atoms with Crippen molar-refractivity contribution in [1.82, 2.24) is 5.32 Å². The van der Waals surface area contributed by atoms with E-state index in [9.17, 15) is 0 Å². The molecule has 1 atom stereocenters. The molecule has 2 nitrogen and oxygen atoms in total. The van der Waals surface area contributed by atoms with Gasteiger partial charge in [-0.2, -0.15) is 0 Å². The maximum Gasteiger partial charge on any atom is 0.0447 e. The van der Waals surface area contributed by atoms with Crippen LogP contribution >= 0.6 is 31.9 Å². The Morgan fingerprint density at radius 3 is 2.53 bits per heavy atom. The van der Waals surface area contributed by atoms with E-state index in [1.54, 1.807) is 0 Å². The zero-order valence-corrected chi connectivity index (χ0v) is 12.9. The molecule has 17 heavy (non-hydrogen) atoms. The average molecular weight is 362 g/mol. The molecule has 1 aliphatic rings. The maximum atomic E-state index is 5.88. The van der Waals surface area contributed by atoms with Gasteiger partial charge in [0, 0.05) is 27.6 Å². The Labute approximate surface area is 120 Å². The van der Waals surface area contributed by atoms with Gasteiger partial charge in [0.15, 0.2) is 0 Å². The molecule has 2 rings (SSSR count). The minimum atomic E-state index is 0.266. The molecule has 1 fully saturated rings.